The molecular formula is C18H13F5N2O4. The Balaban J connectivity index is 1.72. The van der Waals surface area contributed by atoms with Crippen LogP contribution in [0.3, 0.4) is 0 Å². The number of phenolic OH excluding ortho intramolecular Hbond substituents is 1. The van der Waals surface area contributed by atoms with Gasteiger partial charge in [-0.1, -0.05) is 6.07 Å². The van der Waals surface area contributed by atoms with Crippen molar-refractivity contribution in [2.75, 3.05) is 18.0 Å². The van der Waals surface area contributed by atoms with Crippen molar-refractivity contribution < 1.29 is 41.4 Å². The Morgan fingerprint density at radius 1 is 1.17 bits per heavy atom. The van der Waals surface area contributed by atoms with Crippen LogP contribution in [0.1, 0.15) is 0 Å². The summed E-state index contributed by atoms with van der Waals surface area (Å²) in [6.07, 6.45) is -7.02. The van der Waals surface area contributed by atoms with Crippen molar-refractivity contribution in [3.05, 3.63) is 48.0 Å². The number of carbonyl (C=O) groups is 2. The zero-order valence-electron chi connectivity index (χ0n) is 14.5. The summed E-state index contributed by atoms with van der Waals surface area (Å²) in [5.41, 5.74) is 0.308. The quantitative estimate of drug-likeness (QED) is 0.750. The number of carbonyl (C=O) groups excluding carboxylic acids is 2. The third-order valence-electron chi connectivity index (χ3n) is 4.14. The van der Waals surface area contributed by atoms with Gasteiger partial charge in [0.15, 0.2) is 11.6 Å². The van der Waals surface area contributed by atoms with E-state index in [1.54, 1.807) is 5.32 Å². The highest BCUT2D eigenvalue weighted by Crippen LogP contribution is 2.31. The number of alkyl halides is 3. The van der Waals surface area contributed by atoms with E-state index in [4.69, 9.17) is 4.74 Å². The number of rotatable bonds is 4. The van der Waals surface area contributed by atoms with Crippen LogP contribution >= 0.6 is 0 Å². The average molecular weight is 416 g/mol. The van der Waals surface area contributed by atoms with Crippen LogP contribution in [0.15, 0.2) is 36.4 Å². The van der Waals surface area contributed by atoms with E-state index >= 15 is 0 Å². The van der Waals surface area contributed by atoms with Crippen molar-refractivity contribution in [1.29, 1.82) is 0 Å². The summed E-state index contributed by atoms with van der Waals surface area (Å²) in [4.78, 5) is 23.8. The van der Waals surface area contributed by atoms with Gasteiger partial charge in [0.2, 0.25) is 0 Å². The summed E-state index contributed by atoms with van der Waals surface area (Å²) in [6, 6.07) is 6.91. The fraction of sp³-hybridized carbons (Fsp3) is 0.222. The van der Waals surface area contributed by atoms with Crippen LogP contribution in [-0.4, -0.2) is 42.5 Å². The molecule has 11 heteroatoms. The summed E-state index contributed by atoms with van der Waals surface area (Å²) < 4.78 is 69.1. The molecule has 2 N–H and O–H groups in total. The number of cyclic esters (lactones) is 1. The molecule has 2 aromatic rings. The van der Waals surface area contributed by atoms with E-state index in [1.807, 2.05) is 0 Å². The zero-order valence-corrected chi connectivity index (χ0v) is 14.5. The molecule has 1 heterocycles. The molecule has 2 amide bonds. The molecular weight excluding hydrogens is 403 g/mol. The zero-order chi connectivity index (χ0) is 21.3. The summed E-state index contributed by atoms with van der Waals surface area (Å²) in [7, 11) is 0. The van der Waals surface area contributed by atoms with Crippen LogP contribution in [-0.2, 0) is 9.53 Å². The average Bonchev–Trinajstić information content (AvgIpc) is 3.02. The number of nitrogens with one attached hydrogen (secondary N) is 1. The molecule has 1 saturated heterocycles. The largest absolute Gasteiger partial charge is 0.505 e. The number of phenols is 1. The Kier molecular flexibility index (Phi) is 5.31. The van der Waals surface area contributed by atoms with Crippen molar-refractivity contribution in [1.82, 2.24) is 5.32 Å². The molecule has 1 atom stereocenters. The number of hydrogen-bond donors (Lipinski definition) is 2. The van der Waals surface area contributed by atoms with Crippen LogP contribution < -0.4 is 10.2 Å². The van der Waals surface area contributed by atoms with E-state index in [-0.39, 0.29) is 23.4 Å². The summed E-state index contributed by atoms with van der Waals surface area (Å²) in [6.45, 7) is -0.761. The number of nitrogens with zero attached hydrogens (tertiary/aromatic N) is 1. The molecule has 1 aliphatic rings. The number of ether oxygens (including phenoxy) is 1. The van der Waals surface area contributed by atoms with Gasteiger partial charge in [-0.3, -0.25) is 9.69 Å². The lowest BCUT2D eigenvalue weighted by Crippen LogP contribution is -2.41. The van der Waals surface area contributed by atoms with Crippen molar-refractivity contribution >= 4 is 17.7 Å². The van der Waals surface area contributed by atoms with Crippen LogP contribution in [0.4, 0.5) is 32.4 Å². The lowest BCUT2D eigenvalue weighted by molar-refractivity contribution is -0.173. The third-order valence-corrected chi connectivity index (χ3v) is 4.14. The Hall–Kier alpha value is -3.37. The lowest BCUT2D eigenvalue weighted by Gasteiger charge is -2.15. The Morgan fingerprint density at radius 2 is 1.90 bits per heavy atom. The first-order valence-electron chi connectivity index (χ1n) is 8.18. The van der Waals surface area contributed by atoms with Gasteiger partial charge in [-0.2, -0.15) is 13.2 Å². The molecule has 3 rings (SSSR count). The standard InChI is InChI=1S/C18H13F5N2O4/c19-13-4-1-9(5-15(13)26)12-3-2-10(6-14(12)20)25-8-11(29-17(25)28)7-24-16(27)18(21,22)23/h1-6,11,26H,7-8H2,(H,24,27)/t11-/m0/s1. The molecule has 0 radical (unpaired) electrons. The summed E-state index contributed by atoms with van der Waals surface area (Å²) >= 11 is 0. The fourth-order valence-electron chi connectivity index (χ4n) is 2.73. The molecule has 154 valence electrons. The molecule has 1 fully saturated rings. The maximum atomic E-state index is 14.5. The first-order chi connectivity index (χ1) is 13.6. The second-order valence-electron chi connectivity index (χ2n) is 6.15. The van der Waals surface area contributed by atoms with E-state index in [9.17, 15) is 36.6 Å². The molecule has 0 saturated carbocycles. The highest BCUT2D eigenvalue weighted by molar-refractivity contribution is 5.90. The Morgan fingerprint density at radius 3 is 2.52 bits per heavy atom. The highest BCUT2D eigenvalue weighted by Gasteiger charge is 2.40. The van der Waals surface area contributed by atoms with Gasteiger partial charge in [0, 0.05) is 5.56 Å². The van der Waals surface area contributed by atoms with Gasteiger partial charge in [0.05, 0.1) is 18.8 Å². The van der Waals surface area contributed by atoms with Crippen LogP contribution in [0.25, 0.3) is 11.1 Å². The SMILES string of the molecule is O=C1O[C@@H](CNC(=O)C(F)(F)F)CN1c1ccc(-c2ccc(F)c(O)c2)c(F)c1. The maximum Gasteiger partial charge on any atom is 0.471 e. The predicted molar refractivity (Wildman–Crippen MR) is 90.1 cm³/mol. The fourth-order valence-corrected chi connectivity index (χ4v) is 2.73. The minimum Gasteiger partial charge on any atom is -0.505 e. The number of halogens is 5. The molecule has 6 nitrogen and oxygen atoms in total. The normalized spacial score (nSPS) is 16.7. The van der Waals surface area contributed by atoms with Gasteiger partial charge in [-0.25, -0.2) is 13.6 Å². The Bertz CT molecular complexity index is 964. The van der Waals surface area contributed by atoms with Crippen molar-refractivity contribution in [2.24, 2.45) is 0 Å². The Labute approximate surface area is 160 Å². The second kappa shape index (κ2) is 7.57. The van der Waals surface area contributed by atoms with Crippen LogP contribution in [0.2, 0.25) is 0 Å². The van der Waals surface area contributed by atoms with Crippen molar-refractivity contribution in [3.8, 4) is 16.9 Å². The van der Waals surface area contributed by atoms with Gasteiger partial charge in [-0.05, 0) is 35.9 Å². The number of amides is 2. The molecule has 1 aliphatic heterocycles. The van der Waals surface area contributed by atoms with Gasteiger partial charge in [0.1, 0.15) is 11.9 Å². The number of benzene rings is 2. The van der Waals surface area contributed by atoms with Gasteiger partial charge in [-0.15, -0.1) is 0 Å². The predicted octanol–water partition coefficient (Wildman–Crippen LogP) is 3.34. The van der Waals surface area contributed by atoms with Gasteiger partial charge < -0.3 is 15.2 Å². The summed E-state index contributed by atoms with van der Waals surface area (Å²) in [5.74, 6) is -4.47. The van der Waals surface area contributed by atoms with Crippen LogP contribution in [0.5, 0.6) is 5.75 Å². The molecule has 0 aromatic heterocycles. The molecule has 2 aromatic carbocycles. The third kappa shape index (κ3) is 4.39. The number of anilines is 1. The molecule has 0 unspecified atom stereocenters. The maximum absolute atomic E-state index is 14.5. The molecule has 0 bridgehead atoms. The van der Waals surface area contributed by atoms with E-state index in [2.05, 4.69) is 0 Å². The van der Waals surface area contributed by atoms with Gasteiger partial charge in [0.25, 0.3) is 0 Å². The molecule has 0 aliphatic carbocycles. The smallest absolute Gasteiger partial charge is 0.471 e. The minimum atomic E-state index is -5.06. The van der Waals surface area contributed by atoms with E-state index in [1.165, 1.54) is 18.2 Å². The van der Waals surface area contributed by atoms with Crippen LogP contribution in [0, 0.1) is 11.6 Å². The van der Waals surface area contributed by atoms with Gasteiger partial charge >= 0.3 is 18.2 Å². The molecule has 29 heavy (non-hydrogen) atoms. The number of hydrogen-bond acceptors (Lipinski definition) is 4. The summed E-state index contributed by atoms with van der Waals surface area (Å²) in [5, 5.41) is 11.0. The van der Waals surface area contributed by atoms with E-state index in [0.717, 1.165) is 23.1 Å². The molecule has 0 spiro atoms. The second-order valence-corrected chi connectivity index (χ2v) is 6.15. The lowest BCUT2D eigenvalue weighted by atomic mass is 10.0. The van der Waals surface area contributed by atoms with Crippen molar-refractivity contribution in [3.63, 3.8) is 0 Å². The first-order valence-corrected chi connectivity index (χ1v) is 8.18. The van der Waals surface area contributed by atoms with E-state index in [0.29, 0.717) is 0 Å². The first kappa shape index (κ1) is 20.4. The highest BCUT2D eigenvalue weighted by atomic mass is 19.4. The monoisotopic (exact) mass is 416 g/mol. The topological polar surface area (TPSA) is 78.9 Å². The van der Waals surface area contributed by atoms with E-state index < -0.39 is 48.2 Å². The van der Waals surface area contributed by atoms with Crippen molar-refractivity contribution in [2.45, 2.75) is 12.3 Å². The number of aromatic hydroxyl groups is 1. The minimum absolute atomic E-state index is 0.0330.